The van der Waals surface area contributed by atoms with Crippen LogP contribution in [0.15, 0.2) is 24.2 Å². The first kappa shape index (κ1) is 9.55. The van der Waals surface area contributed by atoms with E-state index in [1.165, 1.54) is 14.2 Å². The molecule has 0 aromatic rings. The molecule has 0 bridgehead atoms. The van der Waals surface area contributed by atoms with Gasteiger partial charge in [0.1, 0.15) is 0 Å². The molecule has 0 rings (SSSR count). The van der Waals surface area contributed by atoms with Crippen LogP contribution in [0.1, 0.15) is 0 Å². The monoisotopic (exact) mass is 158 g/mol. The number of hydrogen-bond acceptors (Lipinski definition) is 4. The molecule has 0 amide bonds. The van der Waals surface area contributed by atoms with Crippen LogP contribution >= 0.6 is 0 Å². The molecular formula is C7H10O4. The van der Waals surface area contributed by atoms with Crippen LogP contribution in [-0.2, 0) is 14.3 Å². The molecule has 0 aliphatic carbocycles. The summed E-state index contributed by atoms with van der Waals surface area (Å²) in [6.07, 6.45) is 1.00. The van der Waals surface area contributed by atoms with E-state index in [0.717, 1.165) is 6.08 Å². The third-order valence-corrected chi connectivity index (χ3v) is 0.954. The molecule has 0 atom stereocenters. The summed E-state index contributed by atoms with van der Waals surface area (Å²) < 4.78 is 8.88. The van der Waals surface area contributed by atoms with Crippen LogP contribution in [0.2, 0.25) is 0 Å². The largest absolute Gasteiger partial charge is 0.505 e. The maximum absolute atomic E-state index is 10.6. The minimum Gasteiger partial charge on any atom is -0.505 e. The second-order valence-electron chi connectivity index (χ2n) is 1.68. The van der Waals surface area contributed by atoms with Crippen LogP contribution in [-0.4, -0.2) is 25.3 Å². The molecule has 0 radical (unpaired) electrons. The molecule has 0 aromatic heterocycles. The lowest BCUT2D eigenvalue weighted by Crippen LogP contribution is -1.99. The number of rotatable bonds is 3. The van der Waals surface area contributed by atoms with Crippen LogP contribution in [0.25, 0.3) is 0 Å². The third kappa shape index (κ3) is 3.30. The van der Waals surface area contributed by atoms with Crippen molar-refractivity contribution in [3.05, 3.63) is 24.2 Å². The minimum absolute atomic E-state index is 0.00292. The van der Waals surface area contributed by atoms with Gasteiger partial charge in [0.25, 0.3) is 0 Å². The lowest BCUT2D eigenvalue weighted by atomic mass is 10.4. The maximum atomic E-state index is 10.6. The van der Waals surface area contributed by atoms with Gasteiger partial charge in [-0.1, -0.05) is 6.58 Å². The van der Waals surface area contributed by atoms with E-state index in [-0.39, 0.29) is 11.5 Å². The first-order valence-corrected chi connectivity index (χ1v) is 2.83. The molecular weight excluding hydrogens is 148 g/mol. The Bertz CT molecular complexity index is 193. The molecule has 0 heterocycles. The van der Waals surface area contributed by atoms with E-state index in [9.17, 15) is 4.79 Å². The molecule has 0 spiro atoms. The molecule has 11 heavy (non-hydrogen) atoms. The van der Waals surface area contributed by atoms with Gasteiger partial charge in [-0.3, -0.25) is 0 Å². The van der Waals surface area contributed by atoms with Crippen LogP contribution in [0.5, 0.6) is 0 Å². The quantitative estimate of drug-likeness (QED) is 0.285. The zero-order valence-corrected chi connectivity index (χ0v) is 6.46. The highest BCUT2D eigenvalue weighted by Crippen LogP contribution is 2.03. The smallest absolute Gasteiger partial charge is 0.334 e. The zero-order valence-electron chi connectivity index (χ0n) is 6.46. The number of aliphatic hydroxyl groups is 1. The summed E-state index contributed by atoms with van der Waals surface area (Å²) in [4.78, 5) is 10.6. The fourth-order valence-corrected chi connectivity index (χ4v) is 0.426. The summed E-state index contributed by atoms with van der Waals surface area (Å²) in [6.45, 7) is 3.17. The van der Waals surface area contributed by atoms with E-state index >= 15 is 0 Å². The van der Waals surface area contributed by atoms with Gasteiger partial charge < -0.3 is 14.6 Å². The predicted octanol–water partition coefficient (Wildman–Crippen LogP) is 0.761. The molecule has 0 aromatic carbocycles. The molecule has 0 aliphatic heterocycles. The van der Waals surface area contributed by atoms with E-state index in [2.05, 4.69) is 16.1 Å². The summed E-state index contributed by atoms with van der Waals surface area (Å²) in [5, 5.41) is 8.76. The Balaban J connectivity index is 4.35. The molecule has 0 fully saturated rings. The highest BCUT2D eigenvalue weighted by atomic mass is 16.5. The van der Waals surface area contributed by atoms with Crippen LogP contribution in [0.3, 0.4) is 0 Å². The Labute approximate surface area is 64.7 Å². The average Bonchev–Trinajstić information content (AvgIpc) is 1.99. The number of carbonyl (C=O) groups is 1. The number of aliphatic hydroxyl groups excluding tert-OH is 1. The van der Waals surface area contributed by atoms with Crippen LogP contribution in [0, 0.1) is 0 Å². The molecule has 0 saturated carbocycles. The van der Waals surface area contributed by atoms with Crippen molar-refractivity contribution in [2.45, 2.75) is 0 Å². The predicted molar refractivity (Wildman–Crippen MR) is 38.9 cm³/mol. The van der Waals surface area contributed by atoms with E-state index < -0.39 is 5.97 Å². The standard InChI is InChI=1S/C7H10O4/c1-5(8)6(10-2)4-7(9)11-3/h4,8H,1H2,2-3H3/b6-4+. The Morgan fingerprint density at radius 2 is 2.00 bits per heavy atom. The van der Waals surface area contributed by atoms with Crippen molar-refractivity contribution in [3.63, 3.8) is 0 Å². The van der Waals surface area contributed by atoms with Gasteiger partial charge in [0, 0.05) is 0 Å². The lowest BCUT2D eigenvalue weighted by molar-refractivity contribution is -0.135. The van der Waals surface area contributed by atoms with Crippen LogP contribution < -0.4 is 0 Å². The van der Waals surface area contributed by atoms with Crippen LogP contribution in [0.4, 0.5) is 0 Å². The first-order valence-electron chi connectivity index (χ1n) is 2.83. The molecule has 4 nitrogen and oxygen atoms in total. The van der Waals surface area contributed by atoms with Crippen molar-refractivity contribution in [3.8, 4) is 0 Å². The Morgan fingerprint density at radius 3 is 2.27 bits per heavy atom. The van der Waals surface area contributed by atoms with E-state index in [0.29, 0.717) is 0 Å². The van der Waals surface area contributed by atoms with Crippen molar-refractivity contribution in [2.24, 2.45) is 0 Å². The number of hydrogen-bond donors (Lipinski definition) is 1. The molecule has 0 aliphatic rings. The maximum Gasteiger partial charge on any atom is 0.334 e. The number of ether oxygens (including phenoxy) is 2. The Kier molecular flexibility index (Phi) is 3.80. The summed E-state index contributed by atoms with van der Waals surface area (Å²) >= 11 is 0. The summed E-state index contributed by atoms with van der Waals surface area (Å²) in [5.41, 5.74) is 0. The second kappa shape index (κ2) is 4.38. The normalized spacial score (nSPS) is 10.5. The van der Waals surface area contributed by atoms with Gasteiger partial charge in [0.2, 0.25) is 0 Å². The third-order valence-electron chi connectivity index (χ3n) is 0.954. The SMILES string of the molecule is C=C(O)/C(=C\C(=O)OC)OC. The van der Waals surface area contributed by atoms with Crippen molar-refractivity contribution < 1.29 is 19.4 Å². The first-order chi connectivity index (χ1) is 5.11. The second-order valence-corrected chi connectivity index (χ2v) is 1.68. The lowest BCUT2D eigenvalue weighted by Gasteiger charge is -2.01. The topological polar surface area (TPSA) is 55.8 Å². The van der Waals surface area contributed by atoms with Crippen molar-refractivity contribution >= 4 is 5.97 Å². The molecule has 0 unspecified atom stereocenters. The van der Waals surface area contributed by atoms with Gasteiger partial charge in [-0.15, -0.1) is 0 Å². The Morgan fingerprint density at radius 1 is 1.45 bits per heavy atom. The molecule has 1 N–H and O–H groups in total. The number of esters is 1. The number of carbonyl (C=O) groups excluding carboxylic acids is 1. The molecule has 4 heteroatoms. The van der Waals surface area contributed by atoms with Gasteiger partial charge in [0.15, 0.2) is 11.5 Å². The molecule has 62 valence electrons. The van der Waals surface area contributed by atoms with Crippen molar-refractivity contribution in [1.29, 1.82) is 0 Å². The van der Waals surface area contributed by atoms with Crippen molar-refractivity contribution in [1.82, 2.24) is 0 Å². The highest BCUT2D eigenvalue weighted by Gasteiger charge is 2.03. The summed E-state index contributed by atoms with van der Waals surface area (Å²) in [5.74, 6) is -0.910. The molecule has 0 saturated heterocycles. The van der Waals surface area contributed by atoms with Crippen molar-refractivity contribution in [2.75, 3.05) is 14.2 Å². The average molecular weight is 158 g/mol. The van der Waals surface area contributed by atoms with Gasteiger partial charge >= 0.3 is 5.97 Å². The summed E-state index contributed by atoms with van der Waals surface area (Å²) in [6, 6.07) is 0. The fourth-order valence-electron chi connectivity index (χ4n) is 0.426. The van der Waals surface area contributed by atoms with E-state index in [4.69, 9.17) is 5.11 Å². The van der Waals surface area contributed by atoms with Gasteiger partial charge in [-0.05, 0) is 0 Å². The minimum atomic E-state index is -0.600. The fraction of sp³-hybridized carbons (Fsp3) is 0.286. The zero-order chi connectivity index (χ0) is 8.85. The Hall–Kier alpha value is -1.45. The van der Waals surface area contributed by atoms with E-state index in [1.807, 2.05) is 0 Å². The highest BCUT2D eigenvalue weighted by molar-refractivity contribution is 5.82. The van der Waals surface area contributed by atoms with Gasteiger partial charge in [-0.25, -0.2) is 4.79 Å². The summed E-state index contributed by atoms with van der Waals surface area (Å²) in [7, 11) is 2.54. The number of methoxy groups -OCH3 is 2. The van der Waals surface area contributed by atoms with Gasteiger partial charge in [0.05, 0.1) is 20.3 Å². The van der Waals surface area contributed by atoms with E-state index in [1.54, 1.807) is 0 Å². The van der Waals surface area contributed by atoms with Gasteiger partial charge in [-0.2, -0.15) is 0 Å².